The van der Waals surface area contributed by atoms with Crippen LogP contribution in [-0.2, 0) is 5.41 Å². The van der Waals surface area contributed by atoms with Crippen LogP contribution < -0.4 is 9.64 Å². The third-order valence-corrected chi connectivity index (χ3v) is 12.9. The average molecular weight is 688 g/mol. The summed E-state index contributed by atoms with van der Waals surface area (Å²) in [4.78, 5) is 7.31. The van der Waals surface area contributed by atoms with Crippen molar-refractivity contribution in [2.24, 2.45) is 0 Å². The van der Waals surface area contributed by atoms with Gasteiger partial charge in [0, 0.05) is 32.8 Å². The molecule has 0 N–H and O–H groups in total. The molecule has 0 saturated heterocycles. The maximum absolute atomic E-state index is 6.74. The molecule has 1 aliphatic carbocycles. The molecule has 8 aromatic carbocycles. The van der Waals surface area contributed by atoms with Gasteiger partial charge in [0.05, 0.1) is 20.9 Å². The van der Waals surface area contributed by atoms with Crippen LogP contribution in [0.15, 0.2) is 196 Å². The molecule has 11 rings (SSSR count). The Balaban J connectivity index is 1.17. The fraction of sp³-hybridized carbons (Fsp3) is 0.0213. The Morgan fingerprint density at radius 2 is 1.14 bits per heavy atom. The fourth-order valence-corrected chi connectivity index (χ4v) is 10.8. The molecule has 3 aliphatic rings. The SMILES string of the molecule is c1ccc(N(c2ccc3c(c2)Oc2ccc4ccccc4c2S3)c2cccc3c2C2(c4ccccc4Sc4ccccc42)c2ccccc2-3)cc1. The highest BCUT2D eigenvalue weighted by Gasteiger charge is 2.52. The second-order valence-electron chi connectivity index (χ2n) is 13.2. The highest BCUT2D eigenvalue weighted by atomic mass is 32.2. The zero-order valence-electron chi connectivity index (χ0n) is 27.4. The minimum Gasteiger partial charge on any atom is -0.455 e. The zero-order valence-corrected chi connectivity index (χ0v) is 29.0. The van der Waals surface area contributed by atoms with Gasteiger partial charge in [-0.25, -0.2) is 0 Å². The molecule has 0 amide bonds. The van der Waals surface area contributed by atoms with E-state index in [4.69, 9.17) is 4.74 Å². The molecule has 2 aliphatic heterocycles. The predicted octanol–water partition coefficient (Wildman–Crippen LogP) is 13.4. The molecule has 2 nitrogen and oxygen atoms in total. The number of benzene rings is 8. The molecule has 0 radical (unpaired) electrons. The molecule has 1 spiro atoms. The van der Waals surface area contributed by atoms with Gasteiger partial charge in [-0.05, 0) is 87.1 Å². The van der Waals surface area contributed by atoms with E-state index in [2.05, 4.69) is 181 Å². The van der Waals surface area contributed by atoms with Crippen molar-refractivity contribution in [1.29, 1.82) is 0 Å². The molecule has 0 unspecified atom stereocenters. The van der Waals surface area contributed by atoms with E-state index < -0.39 is 5.41 Å². The van der Waals surface area contributed by atoms with Gasteiger partial charge >= 0.3 is 0 Å². The zero-order chi connectivity index (χ0) is 33.5. The summed E-state index contributed by atoms with van der Waals surface area (Å²) in [6.07, 6.45) is 0. The normalized spacial score (nSPS) is 14.0. The molecule has 0 aromatic heterocycles. The molecule has 0 fully saturated rings. The predicted molar refractivity (Wildman–Crippen MR) is 211 cm³/mol. The smallest absolute Gasteiger partial charge is 0.143 e. The molecule has 0 saturated carbocycles. The molecular weight excluding hydrogens is 659 g/mol. The summed E-state index contributed by atoms with van der Waals surface area (Å²) < 4.78 is 6.74. The summed E-state index contributed by atoms with van der Waals surface area (Å²) in [7, 11) is 0. The van der Waals surface area contributed by atoms with Crippen LogP contribution in [0, 0.1) is 0 Å². The number of hydrogen-bond acceptors (Lipinski definition) is 4. The Morgan fingerprint density at radius 3 is 1.96 bits per heavy atom. The topological polar surface area (TPSA) is 12.5 Å². The van der Waals surface area contributed by atoms with Gasteiger partial charge in [0.1, 0.15) is 11.5 Å². The molecule has 51 heavy (non-hydrogen) atoms. The third kappa shape index (κ3) is 4.15. The minimum atomic E-state index is -0.505. The highest BCUT2D eigenvalue weighted by Crippen LogP contribution is 2.65. The maximum Gasteiger partial charge on any atom is 0.143 e. The van der Waals surface area contributed by atoms with Crippen LogP contribution >= 0.6 is 23.5 Å². The maximum atomic E-state index is 6.74. The highest BCUT2D eigenvalue weighted by molar-refractivity contribution is 8.00. The van der Waals surface area contributed by atoms with Gasteiger partial charge in [0.2, 0.25) is 0 Å². The van der Waals surface area contributed by atoms with E-state index in [1.165, 1.54) is 58.8 Å². The summed E-state index contributed by atoms with van der Waals surface area (Å²) in [6.45, 7) is 0. The van der Waals surface area contributed by atoms with Gasteiger partial charge in [-0.1, -0.05) is 145 Å². The fourth-order valence-electron chi connectivity index (χ4n) is 8.52. The first-order chi connectivity index (χ1) is 25.3. The van der Waals surface area contributed by atoms with Crippen LogP contribution in [0.4, 0.5) is 17.1 Å². The van der Waals surface area contributed by atoms with Crippen molar-refractivity contribution in [3.63, 3.8) is 0 Å². The summed E-state index contributed by atoms with van der Waals surface area (Å²) in [5, 5.41) is 2.44. The number of anilines is 3. The van der Waals surface area contributed by atoms with Crippen molar-refractivity contribution in [3.05, 3.63) is 198 Å². The third-order valence-electron chi connectivity index (χ3n) is 10.6. The van der Waals surface area contributed by atoms with Gasteiger partial charge in [-0.2, -0.15) is 0 Å². The molecule has 2 heterocycles. The molecule has 0 bridgehead atoms. The summed E-state index contributed by atoms with van der Waals surface area (Å²) >= 11 is 3.67. The first-order valence-electron chi connectivity index (χ1n) is 17.3. The van der Waals surface area contributed by atoms with Gasteiger partial charge < -0.3 is 9.64 Å². The average Bonchev–Trinajstić information content (AvgIpc) is 3.49. The second-order valence-corrected chi connectivity index (χ2v) is 15.3. The Bertz CT molecular complexity index is 2660. The van der Waals surface area contributed by atoms with E-state index in [1.807, 2.05) is 11.8 Å². The number of hydrogen-bond donors (Lipinski definition) is 0. The van der Waals surface area contributed by atoms with E-state index >= 15 is 0 Å². The first-order valence-corrected chi connectivity index (χ1v) is 18.9. The quantitative estimate of drug-likeness (QED) is 0.183. The van der Waals surface area contributed by atoms with Crippen LogP contribution in [0.1, 0.15) is 22.3 Å². The molecular formula is C47H29NOS2. The lowest BCUT2D eigenvalue weighted by molar-refractivity contribution is 0.456. The van der Waals surface area contributed by atoms with Crippen molar-refractivity contribution in [3.8, 4) is 22.6 Å². The summed E-state index contributed by atoms with van der Waals surface area (Å²) in [5.41, 5.74) is 10.6. The number of nitrogens with zero attached hydrogens (tertiary/aromatic N) is 1. The van der Waals surface area contributed by atoms with Crippen molar-refractivity contribution in [1.82, 2.24) is 0 Å². The van der Waals surface area contributed by atoms with Crippen molar-refractivity contribution in [2.45, 2.75) is 25.0 Å². The standard InChI is InChI=1S/C47H29NOS2/c1-2-14-31(15-3-1)48(32-26-28-44-41(29-32)49-40-27-25-30-13-4-5-16-33(30)46(40)51-44)39-22-12-18-35-34-17-6-7-19-36(34)47(45(35)39)37-20-8-10-23-42(37)50-43-24-11-9-21-38(43)47/h1-29H. The number of fused-ring (bicyclic) bond motifs is 13. The van der Waals surface area contributed by atoms with Gasteiger partial charge in [0.15, 0.2) is 0 Å². The van der Waals surface area contributed by atoms with Crippen LogP contribution in [0.5, 0.6) is 11.5 Å². The Hall–Kier alpha value is -5.68. The van der Waals surface area contributed by atoms with Crippen LogP contribution in [0.2, 0.25) is 0 Å². The van der Waals surface area contributed by atoms with Gasteiger partial charge in [-0.15, -0.1) is 0 Å². The van der Waals surface area contributed by atoms with Gasteiger partial charge in [0.25, 0.3) is 0 Å². The van der Waals surface area contributed by atoms with Crippen LogP contribution in [-0.4, -0.2) is 0 Å². The summed E-state index contributed by atoms with van der Waals surface area (Å²) in [5.74, 6) is 1.77. The van der Waals surface area contributed by atoms with Gasteiger partial charge in [-0.3, -0.25) is 0 Å². The Kier molecular flexibility index (Phi) is 6.37. The monoisotopic (exact) mass is 687 g/mol. The van der Waals surface area contributed by atoms with E-state index in [1.54, 1.807) is 11.8 Å². The Morgan fingerprint density at radius 1 is 0.451 bits per heavy atom. The number of ether oxygens (including phenoxy) is 1. The lowest BCUT2D eigenvalue weighted by Gasteiger charge is -2.41. The molecule has 240 valence electrons. The summed E-state index contributed by atoms with van der Waals surface area (Å²) in [6, 6.07) is 64.2. The van der Waals surface area contributed by atoms with Crippen molar-refractivity contribution >= 4 is 51.4 Å². The van der Waals surface area contributed by atoms with E-state index in [-0.39, 0.29) is 0 Å². The Labute approximate surface area is 305 Å². The van der Waals surface area contributed by atoms with Crippen molar-refractivity contribution in [2.75, 3.05) is 4.90 Å². The lowest BCUT2D eigenvalue weighted by atomic mass is 9.66. The van der Waals surface area contributed by atoms with Crippen LogP contribution in [0.25, 0.3) is 21.9 Å². The van der Waals surface area contributed by atoms with Crippen LogP contribution in [0.3, 0.4) is 0 Å². The molecule has 4 heteroatoms. The molecule has 0 atom stereocenters. The first kappa shape index (κ1) is 29.1. The van der Waals surface area contributed by atoms with E-state index in [0.29, 0.717) is 0 Å². The second kappa shape index (κ2) is 11.2. The number of rotatable bonds is 3. The largest absolute Gasteiger partial charge is 0.455 e. The number of para-hydroxylation sites is 1. The lowest BCUT2D eigenvalue weighted by Crippen LogP contribution is -2.33. The molecule has 8 aromatic rings. The van der Waals surface area contributed by atoms with E-state index in [0.717, 1.165) is 33.5 Å². The van der Waals surface area contributed by atoms with Crippen molar-refractivity contribution < 1.29 is 4.74 Å². The van der Waals surface area contributed by atoms with E-state index in [9.17, 15) is 0 Å². The minimum absolute atomic E-state index is 0.505.